The lowest BCUT2D eigenvalue weighted by molar-refractivity contribution is -0.122. The Morgan fingerprint density at radius 1 is 1.25 bits per heavy atom. The van der Waals surface area contributed by atoms with Gasteiger partial charge in [-0.1, -0.05) is 30.7 Å². The first-order chi connectivity index (χ1) is 11.3. The zero-order chi connectivity index (χ0) is 17.7. The fraction of sp³-hybridized carbons (Fsp3) is 0.562. The molecule has 0 saturated carbocycles. The summed E-state index contributed by atoms with van der Waals surface area (Å²) >= 11 is 5.86. The highest BCUT2D eigenvalue weighted by atomic mass is 35.5. The Labute approximate surface area is 149 Å². The summed E-state index contributed by atoms with van der Waals surface area (Å²) in [7, 11) is -3.64. The second-order valence-electron chi connectivity index (χ2n) is 6.03. The quantitative estimate of drug-likeness (QED) is 0.829. The number of hydrogen-bond donors (Lipinski definition) is 1. The molecule has 8 heteroatoms. The van der Waals surface area contributed by atoms with E-state index in [1.807, 2.05) is 26.0 Å². The molecule has 6 nitrogen and oxygen atoms in total. The molecule has 1 amide bonds. The maximum Gasteiger partial charge on any atom is 0.282 e. The van der Waals surface area contributed by atoms with Gasteiger partial charge in [-0.2, -0.15) is 17.0 Å². The van der Waals surface area contributed by atoms with Gasteiger partial charge < -0.3 is 5.32 Å². The van der Waals surface area contributed by atoms with Crippen LogP contribution >= 0.6 is 11.6 Å². The molecule has 1 aliphatic heterocycles. The molecule has 0 spiro atoms. The molecule has 1 heterocycles. The summed E-state index contributed by atoms with van der Waals surface area (Å²) in [5.41, 5.74) is 0.869. The predicted octanol–water partition coefficient (Wildman–Crippen LogP) is 2.01. The van der Waals surface area contributed by atoms with E-state index in [0.29, 0.717) is 24.5 Å². The van der Waals surface area contributed by atoms with Crippen LogP contribution in [0.3, 0.4) is 0 Å². The van der Waals surface area contributed by atoms with Crippen LogP contribution in [0, 0.1) is 0 Å². The summed E-state index contributed by atoms with van der Waals surface area (Å²) in [6.07, 6.45) is 1.50. The number of halogens is 1. The van der Waals surface area contributed by atoms with Crippen molar-refractivity contribution >= 4 is 27.7 Å². The highest BCUT2D eigenvalue weighted by Crippen LogP contribution is 2.20. The molecule has 1 atom stereocenters. The first-order valence-corrected chi connectivity index (χ1v) is 9.89. The topological polar surface area (TPSA) is 69.7 Å². The second-order valence-corrected chi connectivity index (χ2v) is 8.40. The highest BCUT2D eigenvalue weighted by Gasteiger charge is 2.34. The Balaban J connectivity index is 2.04. The molecule has 0 aromatic heterocycles. The van der Waals surface area contributed by atoms with Crippen molar-refractivity contribution < 1.29 is 13.2 Å². The molecule has 2 rings (SSSR count). The molecule has 1 N–H and O–H groups in total. The maximum absolute atomic E-state index is 12.7. The average Bonchev–Trinajstić information content (AvgIpc) is 2.53. The fourth-order valence-corrected chi connectivity index (χ4v) is 4.28. The van der Waals surface area contributed by atoms with E-state index in [9.17, 15) is 13.2 Å². The van der Waals surface area contributed by atoms with Crippen molar-refractivity contribution in [1.82, 2.24) is 13.9 Å². The number of amides is 1. The average molecular weight is 374 g/mol. The van der Waals surface area contributed by atoms with E-state index in [1.54, 1.807) is 12.1 Å². The Morgan fingerprint density at radius 2 is 1.88 bits per heavy atom. The molecule has 1 aromatic rings. The molecule has 24 heavy (non-hydrogen) atoms. The molecule has 1 fully saturated rings. The summed E-state index contributed by atoms with van der Waals surface area (Å²) in [5, 5.41) is 3.42. The van der Waals surface area contributed by atoms with E-state index in [1.165, 1.54) is 8.61 Å². The summed E-state index contributed by atoms with van der Waals surface area (Å²) in [4.78, 5) is 12.0. The Hall–Kier alpha value is -1.15. The smallest absolute Gasteiger partial charge is 0.282 e. The zero-order valence-electron chi connectivity index (χ0n) is 14.0. The summed E-state index contributed by atoms with van der Waals surface area (Å²) in [6.45, 7) is 4.83. The van der Waals surface area contributed by atoms with Gasteiger partial charge in [0.25, 0.3) is 10.2 Å². The van der Waals surface area contributed by atoms with Crippen LogP contribution in [0.4, 0.5) is 0 Å². The first-order valence-electron chi connectivity index (χ1n) is 8.12. The van der Waals surface area contributed by atoms with Crippen molar-refractivity contribution in [3.05, 3.63) is 34.9 Å². The lowest BCUT2D eigenvalue weighted by Crippen LogP contribution is -2.52. The number of rotatable bonds is 6. The second kappa shape index (κ2) is 8.29. The van der Waals surface area contributed by atoms with Crippen LogP contribution in [-0.2, 0) is 21.5 Å². The van der Waals surface area contributed by atoms with E-state index >= 15 is 0 Å². The van der Waals surface area contributed by atoms with E-state index < -0.39 is 10.2 Å². The van der Waals surface area contributed by atoms with Gasteiger partial charge in [0.2, 0.25) is 5.91 Å². The highest BCUT2D eigenvalue weighted by molar-refractivity contribution is 7.86. The van der Waals surface area contributed by atoms with Gasteiger partial charge >= 0.3 is 0 Å². The number of nitrogens with zero attached hydrogens (tertiary/aromatic N) is 2. The lowest BCUT2D eigenvalue weighted by atomic mass is 10.2. The van der Waals surface area contributed by atoms with Crippen LogP contribution in [0.2, 0.25) is 5.02 Å². The minimum absolute atomic E-state index is 0.0372. The van der Waals surface area contributed by atoms with Gasteiger partial charge in [0.15, 0.2) is 0 Å². The van der Waals surface area contributed by atoms with Crippen molar-refractivity contribution in [1.29, 1.82) is 0 Å². The van der Waals surface area contributed by atoms with E-state index in [2.05, 4.69) is 5.32 Å². The van der Waals surface area contributed by atoms with E-state index in [0.717, 1.165) is 12.0 Å². The van der Waals surface area contributed by atoms with Gasteiger partial charge in [0.05, 0.1) is 6.54 Å². The number of carbonyl (C=O) groups is 1. The van der Waals surface area contributed by atoms with Crippen LogP contribution in [0.25, 0.3) is 0 Å². The Bertz CT molecular complexity index is 664. The molecule has 1 aliphatic rings. The third-order valence-corrected chi connectivity index (χ3v) is 6.26. The van der Waals surface area contributed by atoms with Gasteiger partial charge in [0.1, 0.15) is 0 Å². The molecular weight excluding hydrogens is 350 g/mol. The monoisotopic (exact) mass is 373 g/mol. The molecule has 0 bridgehead atoms. The maximum atomic E-state index is 12.7. The minimum atomic E-state index is -3.64. The molecule has 0 aliphatic carbocycles. The Morgan fingerprint density at radius 3 is 2.50 bits per heavy atom. The lowest BCUT2D eigenvalue weighted by Gasteiger charge is -2.34. The first kappa shape index (κ1) is 19.2. The van der Waals surface area contributed by atoms with Crippen molar-refractivity contribution in [3.63, 3.8) is 0 Å². The number of nitrogens with one attached hydrogen (secondary N) is 1. The van der Waals surface area contributed by atoms with Crippen LogP contribution < -0.4 is 5.32 Å². The number of benzene rings is 1. The predicted molar refractivity (Wildman–Crippen MR) is 94.9 cm³/mol. The van der Waals surface area contributed by atoms with Gasteiger partial charge in [-0.3, -0.25) is 4.79 Å². The third kappa shape index (κ3) is 4.92. The van der Waals surface area contributed by atoms with Gasteiger partial charge in [-0.25, -0.2) is 0 Å². The standard InChI is InChI=1S/C16H24ClN3O3S/c1-3-13(2)18-16(21)12-20-10-4-9-19(24(20,22)23)11-14-5-7-15(17)8-6-14/h5-8,13H,3-4,9-12H2,1-2H3,(H,18,21). The van der Waals surface area contributed by atoms with Gasteiger partial charge in [-0.05, 0) is 37.5 Å². The molecular formula is C16H24ClN3O3S. The summed E-state index contributed by atoms with van der Waals surface area (Å²) in [6, 6.07) is 7.14. The third-order valence-electron chi connectivity index (χ3n) is 4.08. The van der Waals surface area contributed by atoms with Crippen LogP contribution in [0.1, 0.15) is 32.3 Å². The van der Waals surface area contributed by atoms with Crippen molar-refractivity contribution in [2.75, 3.05) is 19.6 Å². The zero-order valence-corrected chi connectivity index (χ0v) is 15.6. The molecule has 134 valence electrons. The van der Waals surface area contributed by atoms with Crippen LogP contribution in [-0.4, -0.2) is 48.6 Å². The summed E-state index contributed by atoms with van der Waals surface area (Å²) in [5.74, 6) is -0.263. The molecule has 1 saturated heterocycles. The van der Waals surface area contributed by atoms with E-state index in [4.69, 9.17) is 11.6 Å². The normalized spacial score (nSPS) is 19.8. The number of hydrogen-bond acceptors (Lipinski definition) is 3. The fourth-order valence-electron chi connectivity index (χ4n) is 2.51. The van der Waals surface area contributed by atoms with Gasteiger partial charge in [0, 0.05) is 30.7 Å². The van der Waals surface area contributed by atoms with Crippen LogP contribution in [0.15, 0.2) is 24.3 Å². The SMILES string of the molecule is CCC(C)NC(=O)CN1CCCN(Cc2ccc(Cl)cc2)S1(=O)=O. The van der Waals surface area contributed by atoms with Crippen LogP contribution in [0.5, 0.6) is 0 Å². The summed E-state index contributed by atoms with van der Waals surface area (Å²) < 4.78 is 28.1. The van der Waals surface area contributed by atoms with Crippen molar-refractivity contribution in [2.45, 2.75) is 39.3 Å². The minimum Gasteiger partial charge on any atom is -0.353 e. The molecule has 1 unspecified atom stereocenters. The van der Waals surface area contributed by atoms with Gasteiger partial charge in [-0.15, -0.1) is 0 Å². The largest absolute Gasteiger partial charge is 0.353 e. The Kier molecular flexibility index (Phi) is 6.62. The van der Waals surface area contributed by atoms with E-state index in [-0.39, 0.29) is 25.0 Å². The number of carbonyl (C=O) groups excluding carboxylic acids is 1. The van der Waals surface area contributed by atoms with Crippen molar-refractivity contribution in [3.8, 4) is 0 Å². The van der Waals surface area contributed by atoms with Crippen molar-refractivity contribution in [2.24, 2.45) is 0 Å². The molecule has 1 aromatic carbocycles. The molecule has 0 radical (unpaired) electrons.